The highest BCUT2D eigenvalue weighted by molar-refractivity contribution is 7.14. The Labute approximate surface area is 185 Å². The molecule has 31 heavy (non-hydrogen) atoms. The zero-order valence-corrected chi connectivity index (χ0v) is 18.8. The normalized spacial score (nSPS) is 14.0. The van der Waals surface area contributed by atoms with Gasteiger partial charge in [0.1, 0.15) is 5.76 Å². The van der Waals surface area contributed by atoms with E-state index in [0.717, 1.165) is 13.1 Å². The fraction of sp³-hybridized carbons (Fsp3) is 0.348. The second-order valence-electron chi connectivity index (χ2n) is 7.75. The number of benzene rings is 1. The number of nitrogens with one attached hydrogen (secondary N) is 1. The number of thiazole rings is 1. The van der Waals surface area contributed by atoms with Gasteiger partial charge in [-0.2, -0.15) is 0 Å². The first kappa shape index (κ1) is 21.1. The average Bonchev–Trinajstić information content (AvgIpc) is 3.38. The van der Waals surface area contributed by atoms with Gasteiger partial charge in [0, 0.05) is 37.2 Å². The Morgan fingerprint density at radius 2 is 1.90 bits per heavy atom. The number of aryl methyl sites for hydroxylation is 2. The monoisotopic (exact) mass is 438 g/mol. The van der Waals surface area contributed by atoms with Crippen LogP contribution in [0.2, 0.25) is 0 Å². The molecule has 3 heterocycles. The number of piperazine rings is 1. The highest BCUT2D eigenvalue weighted by Crippen LogP contribution is 2.24. The summed E-state index contributed by atoms with van der Waals surface area (Å²) >= 11 is 1.32. The molecule has 1 fully saturated rings. The molecule has 4 rings (SSSR count). The topological polar surface area (TPSA) is 78.7 Å². The number of carbonyl (C=O) groups excluding carboxylic acids is 2. The molecular weight excluding hydrogens is 412 g/mol. The van der Waals surface area contributed by atoms with Gasteiger partial charge in [-0.15, -0.1) is 11.3 Å². The molecule has 0 aliphatic carbocycles. The SMILES string of the molecule is Cc1cccc(N2CCN(C(=O)Cc3csc(NC(=O)c4ccoc4C)n3)CC2)c1C. The molecule has 0 spiro atoms. The molecular formula is C23H26N4O3S. The number of anilines is 2. The number of aromatic nitrogens is 1. The van der Waals surface area contributed by atoms with Crippen LogP contribution in [0.1, 0.15) is 32.9 Å². The largest absolute Gasteiger partial charge is 0.469 e. The minimum absolute atomic E-state index is 0.0643. The molecule has 1 aliphatic heterocycles. The molecule has 3 aromatic rings. The minimum atomic E-state index is -0.263. The molecule has 1 N–H and O–H groups in total. The molecule has 0 saturated carbocycles. The Morgan fingerprint density at radius 1 is 1.13 bits per heavy atom. The van der Waals surface area contributed by atoms with Crippen molar-refractivity contribution in [3.63, 3.8) is 0 Å². The van der Waals surface area contributed by atoms with Crippen LogP contribution in [0.3, 0.4) is 0 Å². The molecule has 0 radical (unpaired) electrons. The first-order chi connectivity index (χ1) is 14.9. The van der Waals surface area contributed by atoms with E-state index in [0.29, 0.717) is 35.2 Å². The lowest BCUT2D eigenvalue weighted by Crippen LogP contribution is -2.49. The van der Waals surface area contributed by atoms with Gasteiger partial charge in [0.25, 0.3) is 5.91 Å². The lowest BCUT2D eigenvalue weighted by atomic mass is 10.1. The quantitative estimate of drug-likeness (QED) is 0.655. The van der Waals surface area contributed by atoms with E-state index in [1.807, 2.05) is 10.3 Å². The van der Waals surface area contributed by atoms with Crippen LogP contribution in [0.5, 0.6) is 0 Å². The maximum atomic E-state index is 12.8. The molecule has 1 aliphatic rings. The van der Waals surface area contributed by atoms with Crippen LogP contribution in [0, 0.1) is 20.8 Å². The number of amides is 2. The first-order valence-corrected chi connectivity index (χ1v) is 11.2. The number of rotatable bonds is 5. The van der Waals surface area contributed by atoms with Crippen LogP contribution in [0.15, 0.2) is 40.3 Å². The Kier molecular flexibility index (Phi) is 6.08. The molecule has 2 aromatic heterocycles. The second kappa shape index (κ2) is 8.93. The van der Waals surface area contributed by atoms with Gasteiger partial charge in [0.05, 0.1) is 23.9 Å². The van der Waals surface area contributed by atoms with Crippen molar-refractivity contribution in [2.24, 2.45) is 0 Å². The number of nitrogens with zero attached hydrogens (tertiary/aromatic N) is 3. The van der Waals surface area contributed by atoms with Gasteiger partial charge in [0.2, 0.25) is 5.91 Å². The molecule has 1 aromatic carbocycles. The highest BCUT2D eigenvalue weighted by Gasteiger charge is 2.23. The summed E-state index contributed by atoms with van der Waals surface area (Å²) in [5.74, 6) is 0.361. The van der Waals surface area contributed by atoms with Crippen molar-refractivity contribution < 1.29 is 14.0 Å². The van der Waals surface area contributed by atoms with Gasteiger partial charge in [-0.05, 0) is 44.0 Å². The van der Waals surface area contributed by atoms with E-state index in [4.69, 9.17) is 4.42 Å². The van der Waals surface area contributed by atoms with Crippen LogP contribution in [0.25, 0.3) is 0 Å². The van der Waals surface area contributed by atoms with Crippen molar-refractivity contribution in [3.05, 3.63) is 64.1 Å². The van der Waals surface area contributed by atoms with Crippen molar-refractivity contribution in [1.29, 1.82) is 0 Å². The molecule has 7 nitrogen and oxygen atoms in total. The number of carbonyl (C=O) groups is 2. The van der Waals surface area contributed by atoms with Crippen molar-refractivity contribution in [2.45, 2.75) is 27.2 Å². The van der Waals surface area contributed by atoms with Crippen LogP contribution < -0.4 is 10.2 Å². The van der Waals surface area contributed by atoms with E-state index in [-0.39, 0.29) is 18.2 Å². The smallest absolute Gasteiger partial charge is 0.260 e. The van der Waals surface area contributed by atoms with E-state index in [9.17, 15) is 9.59 Å². The predicted octanol–water partition coefficient (Wildman–Crippen LogP) is 3.80. The van der Waals surface area contributed by atoms with Crippen molar-refractivity contribution in [1.82, 2.24) is 9.88 Å². The van der Waals surface area contributed by atoms with Crippen molar-refractivity contribution in [2.75, 3.05) is 36.4 Å². The molecule has 8 heteroatoms. The van der Waals surface area contributed by atoms with Gasteiger partial charge >= 0.3 is 0 Å². The molecule has 1 saturated heterocycles. The standard InChI is InChI=1S/C23H26N4O3S/c1-15-5-4-6-20(16(15)2)26-8-10-27(11-9-26)21(28)13-18-14-31-23(24-18)25-22(29)19-7-12-30-17(19)3/h4-7,12,14H,8-11,13H2,1-3H3,(H,24,25,29). The number of hydrogen-bond acceptors (Lipinski definition) is 6. The lowest BCUT2D eigenvalue weighted by Gasteiger charge is -2.37. The van der Waals surface area contributed by atoms with Gasteiger partial charge in [-0.3, -0.25) is 14.9 Å². The first-order valence-electron chi connectivity index (χ1n) is 10.3. The second-order valence-corrected chi connectivity index (χ2v) is 8.61. The number of furan rings is 1. The molecule has 162 valence electrons. The summed E-state index contributed by atoms with van der Waals surface area (Å²) in [5.41, 5.74) is 4.98. The molecule has 0 unspecified atom stereocenters. The van der Waals surface area contributed by atoms with Gasteiger partial charge < -0.3 is 14.2 Å². The zero-order valence-electron chi connectivity index (χ0n) is 18.0. The predicted molar refractivity (Wildman–Crippen MR) is 122 cm³/mol. The van der Waals surface area contributed by atoms with Crippen LogP contribution in [-0.4, -0.2) is 47.9 Å². The maximum absolute atomic E-state index is 12.8. The van der Waals surface area contributed by atoms with E-state index in [1.54, 1.807) is 13.0 Å². The summed E-state index contributed by atoms with van der Waals surface area (Å²) in [6, 6.07) is 7.98. The maximum Gasteiger partial charge on any atom is 0.260 e. The molecule has 0 atom stereocenters. The van der Waals surface area contributed by atoms with Gasteiger partial charge in [0.15, 0.2) is 5.13 Å². The summed E-state index contributed by atoms with van der Waals surface area (Å²) in [6.45, 7) is 9.03. The van der Waals surface area contributed by atoms with E-state index in [1.165, 1.54) is 34.4 Å². The summed E-state index contributed by atoms with van der Waals surface area (Å²) in [5, 5.41) is 5.07. The highest BCUT2D eigenvalue weighted by atomic mass is 32.1. The molecule has 0 bridgehead atoms. The van der Waals surface area contributed by atoms with Crippen molar-refractivity contribution in [3.8, 4) is 0 Å². The van der Waals surface area contributed by atoms with E-state index in [2.05, 4.69) is 47.2 Å². The summed E-state index contributed by atoms with van der Waals surface area (Å²) in [4.78, 5) is 33.7. The van der Waals surface area contributed by atoms with Gasteiger partial charge in [-0.25, -0.2) is 4.98 Å². The lowest BCUT2D eigenvalue weighted by molar-refractivity contribution is -0.130. The van der Waals surface area contributed by atoms with E-state index < -0.39 is 0 Å². The number of hydrogen-bond donors (Lipinski definition) is 1. The molecule has 2 amide bonds. The summed E-state index contributed by atoms with van der Waals surface area (Å²) in [7, 11) is 0. The third kappa shape index (κ3) is 4.64. The Bertz CT molecular complexity index is 1100. The minimum Gasteiger partial charge on any atom is -0.469 e. The average molecular weight is 439 g/mol. The fourth-order valence-corrected chi connectivity index (χ4v) is 4.48. The Balaban J connectivity index is 1.31. The van der Waals surface area contributed by atoms with Crippen LogP contribution in [0.4, 0.5) is 10.8 Å². The van der Waals surface area contributed by atoms with Crippen LogP contribution >= 0.6 is 11.3 Å². The van der Waals surface area contributed by atoms with Crippen molar-refractivity contribution >= 4 is 34.0 Å². The summed E-state index contributed by atoms with van der Waals surface area (Å²) < 4.78 is 5.16. The van der Waals surface area contributed by atoms with E-state index >= 15 is 0 Å². The Hall–Kier alpha value is -3.13. The van der Waals surface area contributed by atoms with Gasteiger partial charge in [-0.1, -0.05) is 12.1 Å². The summed E-state index contributed by atoms with van der Waals surface area (Å²) in [6.07, 6.45) is 1.72. The fourth-order valence-electron chi connectivity index (χ4n) is 3.77. The van der Waals surface area contributed by atoms with Crippen LogP contribution in [-0.2, 0) is 11.2 Å². The Morgan fingerprint density at radius 3 is 2.61 bits per heavy atom. The zero-order chi connectivity index (χ0) is 22.0. The third-order valence-corrected chi connectivity index (χ3v) is 6.56. The third-order valence-electron chi connectivity index (χ3n) is 5.76.